The molecule has 0 aliphatic heterocycles. The van der Waals surface area contributed by atoms with Crippen LogP contribution < -0.4 is 0 Å². The lowest BCUT2D eigenvalue weighted by atomic mass is 10.1. The maximum Gasteiger partial charge on any atom is 0.136 e. The van der Waals surface area contributed by atoms with Gasteiger partial charge < -0.3 is 9.83 Å². The zero-order chi connectivity index (χ0) is 20.9. The van der Waals surface area contributed by atoms with Gasteiger partial charge in [-0.2, -0.15) is 0 Å². The third kappa shape index (κ3) is 1.97. The van der Waals surface area contributed by atoms with E-state index >= 15 is 0 Å². The van der Waals surface area contributed by atoms with Crippen LogP contribution in [0.25, 0.3) is 21.9 Å². The van der Waals surface area contributed by atoms with Crippen LogP contribution in [0.3, 0.4) is 0 Å². The fraction of sp³-hybridized carbons (Fsp3) is 0. The van der Waals surface area contributed by atoms with Gasteiger partial charge in [-0.1, -0.05) is 42.9 Å². The van der Waals surface area contributed by atoms with Crippen molar-refractivity contribution in [1.29, 1.82) is 5.41 Å². The zero-order valence-electron chi connectivity index (χ0n) is 18.6. The summed E-state index contributed by atoms with van der Waals surface area (Å²) in [6.07, 6.45) is 1.01. The minimum Gasteiger partial charge on any atom is -0.456 e. The van der Waals surface area contributed by atoms with Gasteiger partial charge in [0, 0.05) is 16.3 Å². The van der Waals surface area contributed by atoms with Crippen molar-refractivity contribution < 1.29 is 16.8 Å². The highest BCUT2D eigenvalue weighted by molar-refractivity contribution is 6.11. The van der Waals surface area contributed by atoms with Gasteiger partial charge in [0.2, 0.25) is 0 Å². The van der Waals surface area contributed by atoms with Gasteiger partial charge >= 0.3 is 0 Å². The summed E-state index contributed by atoms with van der Waals surface area (Å²) < 4.78 is 76.2. The van der Waals surface area contributed by atoms with E-state index in [-0.39, 0.29) is 45.6 Å². The van der Waals surface area contributed by atoms with Crippen LogP contribution >= 0.6 is 0 Å². The minimum atomic E-state index is -0.545. The molecule has 3 rings (SSSR count). The van der Waals surface area contributed by atoms with Gasteiger partial charge in [-0.3, -0.25) is 0 Å². The second kappa shape index (κ2) is 4.58. The van der Waals surface area contributed by atoms with Crippen LogP contribution in [0, 0.1) is 5.41 Å². The summed E-state index contributed by atoms with van der Waals surface area (Å²) in [4.78, 5) is 0. The minimum absolute atomic E-state index is 0.0162. The summed E-state index contributed by atoms with van der Waals surface area (Å²) in [5, 5.41) is 8.11. The molecule has 2 heteroatoms. The molecule has 0 saturated heterocycles. The molecule has 2 nitrogen and oxygen atoms in total. The predicted octanol–water partition coefficient (Wildman–Crippen LogP) is 4.70. The van der Waals surface area contributed by atoms with Crippen molar-refractivity contribution in [1.82, 2.24) is 0 Å². The number of nitrogens with one attached hydrogen (secondary N) is 1. The molecule has 0 fully saturated rings. The molecule has 0 radical (unpaired) electrons. The molecule has 0 spiro atoms. The molecule has 19 heavy (non-hydrogen) atoms. The Morgan fingerprint density at radius 1 is 1.32 bits per heavy atom. The lowest BCUT2D eigenvalue weighted by Gasteiger charge is -1.98. The molecule has 1 heterocycles. The first-order valence-corrected chi connectivity index (χ1v) is 5.36. The van der Waals surface area contributed by atoms with E-state index < -0.39 is 35.9 Å². The van der Waals surface area contributed by atoms with Crippen molar-refractivity contribution in [2.75, 3.05) is 0 Å². The summed E-state index contributed by atoms with van der Waals surface area (Å²) in [6.45, 7) is 0.798. The number of benzene rings is 2. The number of fused-ring (bicyclic) bond motifs is 3. The average molecular weight is 256 g/mol. The van der Waals surface area contributed by atoms with Gasteiger partial charge in [0.1, 0.15) is 11.2 Å². The number of hydrogen-bond acceptors (Lipinski definition) is 2. The van der Waals surface area contributed by atoms with Crippen molar-refractivity contribution in [3.05, 3.63) is 72.6 Å². The first-order chi connectivity index (χ1) is 13.1. The number of para-hydroxylation sites is 1. The Labute approximate surface area is 123 Å². The van der Waals surface area contributed by atoms with Gasteiger partial charge in [0.05, 0.1) is 18.0 Å². The molecule has 0 bridgehead atoms. The highest BCUT2D eigenvalue weighted by Gasteiger charge is 2.07. The van der Waals surface area contributed by atoms with Crippen molar-refractivity contribution in [2.45, 2.75) is 0 Å². The number of allylic oxidation sites excluding steroid dienone is 3. The van der Waals surface area contributed by atoms with Crippen LogP contribution in [0.2, 0.25) is 0 Å². The monoisotopic (exact) mass is 256 g/mol. The summed E-state index contributed by atoms with van der Waals surface area (Å²) in [5.74, 6) is 0. The topological polar surface area (TPSA) is 37.0 Å². The van der Waals surface area contributed by atoms with E-state index in [0.717, 1.165) is 18.7 Å². The average Bonchev–Trinajstić information content (AvgIpc) is 3.08. The normalized spacial score (nSPS) is 19.7. The Balaban J connectivity index is 2.41. The Morgan fingerprint density at radius 2 is 2.16 bits per heavy atom. The van der Waals surface area contributed by atoms with E-state index in [9.17, 15) is 0 Å². The number of rotatable bonds is 3. The van der Waals surface area contributed by atoms with E-state index in [1.807, 2.05) is 0 Å². The Kier molecular flexibility index (Phi) is 1.25. The molecular weight excluding hydrogens is 234 g/mol. The molecule has 0 amide bonds. The summed E-state index contributed by atoms with van der Waals surface area (Å²) in [5.41, 5.74) is -1.04. The van der Waals surface area contributed by atoms with Crippen molar-refractivity contribution in [3.8, 4) is 0 Å². The Morgan fingerprint density at radius 3 is 3.05 bits per heavy atom. The van der Waals surface area contributed by atoms with Crippen LogP contribution in [0.4, 0.5) is 0 Å². The van der Waals surface area contributed by atoms with Gasteiger partial charge in [0.15, 0.2) is 0 Å². The summed E-state index contributed by atoms with van der Waals surface area (Å²) >= 11 is 0. The van der Waals surface area contributed by atoms with Crippen LogP contribution in [-0.2, 0) is 0 Å². The molecule has 3 aromatic rings. The molecule has 2 aromatic carbocycles. The molecule has 92 valence electrons. The first-order valence-electron chi connectivity index (χ1n) is 9.93. The SMILES string of the molecule is [2H]C=C/C([2H])=C(/[2H])C(=N)c1cc([2H])c2c(oc3c([2H])c([2H])c([2H])c([2H])c32)c1[2H]. The third-order valence-electron chi connectivity index (χ3n) is 2.49. The molecular formula is C17H13NO. The fourth-order valence-electron chi connectivity index (χ4n) is 1.66. The van der Waals surface area contributed by atoms with Gasteiger partial charge in [-0.25, -0.2) is 0 Å². The predicted molar refractivity (Wildman–Crippen MR) is 79.9 cm³/mol. The van der Waals surface area contributed by atoms with Crippen LogP contribution in [-0.4, -0.2) is 5.71 Å². The standard InChI is InChI=1S/C17H13NO/c1-2-3-7-15(18)12-9-10-14-13-6-4-5-8-16(13)19-17(14)11-12/h2-11,18H,1H2/b7-3-,18-15?/i1D,3D,4D,5D,6D,7D,8D,10D,11D/b2-1?,7-3-,18-15?. The highest BCUT2D eigenvalue weighted by atomic mass is 16.3. The van der Waals surface area contributed by atoms with E-state index in [1.165, 1.54) is 0 Å². The molecule has 0 atom stereocenters. The highest BCUT2D eigenvalue weighted by Crippen LogP contribution is 2.29. The maximum atomic E-state index is 8.33. The van der Waals surface area contributed by atoms with Gasteiger partial charge in [-0.05, 0) is 24.2 Å². The zero-order valence-corrected chi connectivity index (χ0v) is 9.64. The van der Waals surface area contributed by atoms with E-state index in [4.69, 9.17) is 22.2 Å². The maximum absolute atomic E-state index is 8.33. The lowest BCUT2D eigenvalue weighted by molar-refractivity contribution is 0.669. The van der Waals surface area contributed by atoms with Crippen LogP contribution in [0.5, 0.6) is 0 Å². The molecule has 1 N–H and O–H groups in total. The van der Waals surface area contributed by atoms with E-state index in [0.29, 0.717) is 0 Å². The fourth-order valence-corrected chi connectivity index (χ4v) is 1.66. The molecule has 0 aliphatic carbocycles. The summed E-state index contributed by atoms with van der Waals surface area (Å²) in [6, 6.07) is -2.22. The largest absolute Gasteiger partial charge is 0.456 e. The van der Waals surface area contributed by atoms with E-state index in [1.54, 1.807) is 0 Å². The molecule has 0 unspecified atom stereocenters. The van der Waals surface area contributed by atoms with Gasteiger partial charge in [0.25, 0.3) is 0 Å². The molecule has 0 saturated carbocycles. The molecule has 0 aliphatic rings. The third-order valence-corrected chi connectivity index (χ3v) is 2.49. The molecule has 1 aromatic heterocycles. The van der Waals surface area contributed by atoms with Crippen LogP contribution in [0.1, 0.15) is 17.9 Å². The first kappa shape index (κ1) is 5.17. The lowest BCUT2D eigenvalue weighted by Crippen LogP contribution is -1.92. The smallest absolute Gasteiger partial charge is 0.136 e. The van der Waals surface area contributed by atoms with Crippen molar-refractivity contribution >= 4 is 27.7 Å². The van der Waals surface area contributed by atoms with Crippen LogP contribution in [0.15, 0.2) is 71.5 Å². The number of furan rings is 1. The Bertz CT molecular complexity index is 1220. The Hall–Kier alpha value is -2.61. The number of hydrogen-bond donors (Lipinski definition) is 1. The quantitative estimate of drug-likeness (QED) is 0.535. The second-order valence-corrected chi connectivity index (χ2v) is 3.65. The second-order valence-electron chi connectivity index (χ2n) is 3.65. The van der Waals surface area contributed by atoms with Crippen molar-refractivity contribution in [3.63, 3.8) is 0 Å². The van der Waals surface area contributed by atoms with Gasteiger partial charge in [-0.15, -0.1) is 0 Å². The van der Waals surface area contributed by atoms with Crippen molar-refractivity contribution in [2.24, 2.45) is 0 Å². The van der Waals surface area contributed by atoms with E-state index in [2.05, 4.69) is 0 Å². The summed E-state index contributed by atoms with van der Waals surface area (Å²) in [7, 11) is 0.